The average molecular weight is 1660 g/mol. The molecule has 0 saturated heterocycles. The molecule has 1 heterocycles. The highest BCUT2D eigenvalue weighted by atomic mass is 16.4. The molecule has 0 bridgehead atoms. The summed E-state index contributed by atoms with van der Waals surface area (Å²) in [6.45, 7) is 7.99. The number of nitrogens with zero attached hydrogens (tertiary/aromatic N) is 1. The van der Waals surface area contributed by atoms with Crippen molar-refractivity contribution in [1.82, 2.24) is 84.4 Å². The van der Waals surface area contributed by atoms with Crippen LogP contribution in [0.2, 0.25) is 0 Å². The van der Waals surface area contributed by atoms with Gasteiger partial charge in [0.05, 0.1) is 31.1 Å². The van der Waals surface area contributed by atoms with Crippen LogP contribution < -0.4 is 91.6 Å². The van der Waals surface area contributed by atoms with Gasteiger partial charge < -0.3 is 132 Å². The van der Waals surface area contributed by atoms with Gasteiger partial charge in [-0.2, -0.15) is 0 Å². The molecule has 3 aromatic carbocycles. The van der Waals surface area contributed by atoms with Gasteiger partial charge in [0.15, 0.2) is 11.9 Å². The minimum atomic E-state index is -1.90. The van der Waals surface area contributed by atoms with Crippen molar-refractivity contribution in [3.8, 4) is 17.2 Å². The van der Waals surface area contributed by atoms with Crippen molar-refractivity contribution in [3.05, 3.63) is 108 Å². The number of aromatic nitrogens is 2. The third kappa shape index (κ3) is 35.7. The molecule has 0 aliphatic carbocycles. The standard InChI is InChI=1S/C75H109N21O22/c1-37(2)27-51(91-71(115)56(33-60(103)104)90-63(107)48(76)23-24-59(101)102)66(110)85-39(5)61(105)87-49(9-7-25-82-74(77)78)64(108)92-53(29-41-11-17-45(98)18-12-41)68(112)93-54(30-42-13-19-46(99)20-14-42)69(113)96-58(35-97)72(116)86-40(6)62(106)89-52(28-38(3)4)67(111)88-50(10-8-26-83-75(79)80)65(109)94-55(32-44-34-81-36-84-44)70(114)95-57(73(117)118)31-43-15-21-47(100)22-16-43/h11-22,34,36-40,48-58,97-100H,7-10,23-33,35,76H2,1-6H3,(H,81,84)(H,85,110)(H,86,116)(H,87,105)(H,88,111)(H,89,106)(H,90,107)(H,91,115)(H,92,108)(H,93,112)(H,94,109)(H,95,114)(H,96,113)(H,101,102)(H,103,104)(H,117,118)(H4,77,78,82)(H4,79,80,83)/t39-,40-,48-,49-,50-,51-,52-,53-,54-,55-,56-,57-,58-/m0/s1. The molecular formula is C75H109N21O22. The highest BCUT2D eigenvalue weighted by Gasteiger charge is 2.38. The van der Waals surface area contributed by atoms with Crippen LogP contribution >= 0.6 is 0 Å². The number of carbonyl (C=O) groups excluding carboxylic acids is 12. The van der Waals surface area contributed by atoms with Crippen LogP contribution in [0.25, 0.3) is 0 Å². The maximum Gasteiger partial charge on any atom is 0.326 e. The second-order valence-electron chi connectivity index (χ2n) is 28.8. The van der Waals surface area contributed by atoms with Crippen LogP contribution in [0.5, 0.6) is 17.2 Å². The first-order chi connectivity index (χ1) is 55.6. The Morgan fingerprint density at radius 1 is 0.398 bits per heavy atom. The number of nitrogens with two attached hydrogens (primary N) is 3. The lowest BCUT2D eigenvalue weighted by molar-refractivity contribution is -0.142. The van der Waals surface area contributed by atoms with E-state index in [1.54, 1.807) is 27.7 Å². The van der Waals surface area contributed by atoms with Gasteiger partial charge in [0.1, 0.15) is 89.8 Å². The number of carbonyl (C=O) groups is 15. The van der Waals surface area contributed by atoms with Crippen molar-refractivity contribution in [3.63, 3.8) is 0 Å². The summed E-state index contributed by atoms with van der Waals surface area (Å²) in [5.41, 5.74) is 18.1. The van der Waals surface area contributed by atoms with Gasteiger partial charge in [-0.1, -0.05) is 64.1 Å². The van der Waals surface area contributed by atoms with Crippen molar-refractivity contribution in [2.24, 2.45) is 29.0 Å². The van der Waals surface area contributed by atoms with E-state index in [0.29, 0.717) is 16.7 Å². The summed E-state index contributed by atoms with van der Waals surface area (Å²) in [7, 11) is 0. The van der Waals surface area contributed by atoms with Gasteiger partial charge in [0.2, 0.25) is 70.9 Å². The minimum absolute atomic E-state index is 0.00244. The second-order valence-corrected chi connectivity index (χ2v) is 28.8. The predicted molar refractivity (Wildman–Crippen MR) is 421 cm³/mol. The van der Waals surface area contributed by atoms with Crippen molar-refractivity contribution in [1.29, 1.82) is 10.8 Å². The number of H-pyrrole nitrogens is 1. The number of aliphatic hydroxyl groups is 1. The Kier molecular flexibility index (Phi) is 40.2. The van der Waals surface area contributed by atoms with Gasteiger partial charge >= 0.3 is 17.9 Å². The van der Waals surface area contributed by atoms with Gasteiger partial charge in [-0.05, 0) is 124 Å². The number of carboxylic acids is 3. The van der Waals surface area contributed by atoms with Crippen molar-refractivity contribution in [2.45, 2.75) is 204 Å². The van der Waals surface area contributed by atoms with Gasteiger partial charge in [0, 0.05) is 51.4 Å². The fourth-order valence-electron chi connectivity index (χ4n) is 11.6. The lowest BCUT2D eigenvalue weighted by atomic mass is 10.0. The van der Waals surface area contributed by atoms with Crippen LogP contribution in [-0.4, -0.2) is 245 Å². The first kappa shape index (κ1) is 97.1. The molecule has 0 radical (unpaired) electrons. The van der Waals surface area contributed by atoms with E-state index in [-0.39, 0.29) is 106 Å². The summed E-state index contributed by atoms with van der Waals surface area (Å²) < 4.78 is 0. The normalized spacial score (nSPS) is 14.4. The summed E-state index contributed by atoms with van der Waals surface area (Å²) in [6, 6.07) is -4.57. The van der Waals surface area contributed by atoms with Gasteiger partial charge in [-0.3, -0.25) is 77.9 Å². The molecule has 43 heteroatoms. The Morgan fingerprint density at radius 2 is 0.720 bits per heavy atom. The van der Waals surface area contributed by atoms with E-state index in [9.17, 15) is 103 Å². The summed E-state index contributed by atoms with van der Waals surface area (Å²) in [6.07, 6.45) is -1.04. The number of guanidine groups is 2. The molecule has 0 unspecified atom stereocenters. The molecule has 43 nitrogen and oxygen atoms in total. The van der Waals surface area contributed by atoms with Crippen molar-refractivity contribution in [2.75, 3.05) is 19.7 Å². The molecule has 4 rings (SSSR count). The molecule has 1 aromatic heterocycles. The van der Waals surface area contributed by atoms with E-state index < -0.39 is 212 Å². The molecule has 0 aliphatic rings. The zero-order chi connectivity index (χ0) is 88.0. The summed E-state index contributed by atoms with van der Waals surface area (Å²) in [4.78, 5) is 212. The predicted octanol–water partition coefficient (Wildman–Crippen LogP) is -4.98. The minimum Gasteiger partial charge on any atom is -0.508 e. The van der Waals surface area contributed by atoms with Gasteiger partial charge in [0.25, 0.3) is 0 Å². The number of phenolic OH excluding ortho intramolecular Hbond substituents is 3. The highest BCUT2D eigenvalue weighted by Crippen LogP contribution is 2.18. The fraction of sp³-hybridized carbons (Fsp3) is 0.493. The molecule has 0 fully saturated rings. The number of aliphatic carboxylic acids is 3. The lowest BCUT2D eigenvalue weighted by Gasteiger charge is -2.28. The number of benzene rings is 3. The number of aliphatic hydroxyl groups excluding tert-OH is 1. The summed E-state index contributed by atoms with van der Waals surface area (Å²) in [5.74, 6) is -18.8. The fourth-order valence-corrected chi connectivity index (χ4v) is 11.6. The Balaban J connectivity index is 1.60. The Labute approximate surface area is 678 Å². The molecule has 118 heavy (non-hydrogen) atoms. The molecule has 0 saturated carbocycles. The van der Waals surface area contributed by atoms with Crippen molar-refractivity contribution >= 4 is 101 Å². The van der Waals surface area contributed by atoms with E-state index in [1.165, 1.54) is 99.2 Å². The Bertz CT molecular complexity index is 4100. The van der Waals surface area contributed by atoms with Crippen LogP contribution in [0, 0.1) is 22.7 Å². The van der Waals surface area contributed by atoms with Crippen molar-refractivity contribution < 1.29 is 108 Å². The largest absolute Gasteiger partial charge is 0.508 e. The lowest BCUT2D eigenvalue weighted by Crippen LogP contribution is -2.61. The summed E-state index contributed by atoms with van der Waals surface area (Å²) in [5, 5.41) is 120. The van der Waals surface area contributed by atoms with Crippen LogP contribution in [0.1, 0.15) is 122 Å². The number of nitrogens with one attached hydrogen (secondary N) is 17. The molecule has 4 aromatic rings. The number of hydrogen-bond acceptors (Lipinski definition) is 23. The Hall–Kier alpha value is -13.2. The second kappa shape index (κ2) is 48.9. The number of imidazole rings is 1. The number of amides is 12. The SMILES string of the molecule is CC(C)C[C@H](NC(=O)[C@H](C)NC(=O)[C@H](CO)NC(=O)[C@H](Cc1ccc(O)cc1)NC(=O)[C@H](Cc1ccc(O)cc1)NC(=O)[C@H](CCCNC(=N)N)NC(=O)[C@H](C)NC(=O)[C@H](CC(C)C)NC(=O)[C@H](CC(=O)O)NC(=O)[C@@H](N)CCC(=O)O)C(=O)N[C@@H](CCCNC(=N)N)C(=O)N[C@@H](Cc1c[nH]cn1)C(=O)N[C@@H](Cc1ccc(O)cc1)C(=O)O. The van der Waals surface area contributed by atoms with Crippen LogP contribution in [0.3, 0.4) is 0 Å². The molecule has 0 spiro atoms. The number of hydrogen-bond donors (Lipinski definition) is 27. The average Bonchev–Trinajstić information content (AvgIpc) is 1.01. The van der Waals surface area contributed by atoms with E-state index in [1.807, 2.05) is 0 Å². The molecule has 30 N–H and O–H groups in total. The van der Waals surface area contributed by atoms with E-state index in [0.717, 1.165) is 0 Å². The highest BCUT2D eigenvalue weighted by molar-refractivity contribution is 6.00. The smallest absolute Gasteiger partial charge is 0.326 e. The van der Waals surface area contributed by atoms with E-state index >= 15 is 0 Å². The summed E-state index contributed by atoms with van der Waals surface area (Å²) >= 11 is 0. The number of aromatic amines is 1. The number of carboxylic acid groups (broad SMARTS) is 3. The quantitative estimate of drug-likeness (QED) is 0.0112. The van der Waals surface area contributed by atoms with Gasteiger partial charge in [-0.15, -0.1) is 0 Å². The Morgan fingerprint density at radius 3 is 1.09 bits per heavy atom. The molecule has 0 aliphatic heterocycles. The zero-order valence-corrected chi connectivity index (χ0v) is 66.0. The maximum absolute atomic E-state index is 14.9. The molecular weight excluding hydrogens is 1550 g/mol. The number of phenols is 3. The molecule has 12 amide bonds. The maximum atomic E-state index is 14.9. The first-order valence-electron chi connectivity index (χ1n) is 37.8. The topological polar surface area (TPSA) is 721 Å². The molecule has 646 valence electrons. The first-order valence-corrected chi connectivity index (χ1v) is 37.8. The molecule has 13 atom stereocenters. The van der Waals surface area contributed by atoms with Gasteiger partial charge in [-0.25, -0.2) is 9.78 Å². The van der Waals surface area contributed by atoms with Crippen LogP contribution in [-0.2, 0) is 97.6 Å². The van der Waals surface area contributed by atoms with Crippen LogP contribution in [0.4, 0.5) is 0 Å². The third-order valence-electron chi connectivity index (χ3n) is 17.9. The third-order valence-corrected chi connectivity index (χ3v) is 17.9. The number of rotatable bonds is 51. The number of aromatic hydroxyl groups is 3. The monoisotopic (exact) mass is 1660 g/mol. The van der Waals surface area contributed by atoms with E-state index in [4.69, 9.17) is 33.1 Å². The van der Waals surface area contributed by atoms with E-state index in [2.05, 4.69) is 84.4 Å². The van der Waals surface area contributed by atoms with Crippen LogP contribution in [0.15, 0.2) is 85.3 Å². The zero-order valence-electron chi connectivity index (χ0n) is 66.0.